The summed E-state index contributed by atoms with van der Waals surface area (Å²) < 4.78 is 7.04. The molecule has 5 heteroatoms. The van der Waals surface area contributed by atoms with E-state index in [-0.39, 0.29) is 0 Å². The molecule has 0 fully saturated rings. The Kier molecular flexibility index (Phi) is 3.25. The predicted octanol–water partition coefficient (Wildman–Crippen LogP) is 3.13. The lowest BCUT2D eigenvalue weighted by Crippen LogP contribution is -2.02. The second kappa shape index (κ2) is 5.09. The Morgan fingerprint density at radius 2 is 1.95 bits per heavy atom. The Morgan fingerprint density at radius 1 is 1.14 bits per heavy atom. The first kappa shape index (κ1) is 13.4. The number of nitrogens with two attached hydrogens (primary N) is 1. The molecule has 0 radical (unpaired) electrons. The predicted molar refractivity (Wildman–Crippen MR) is 83.9 cm³/mol. The highest BCUT2D eigenvalue weighted by molar-refractivity contribution is 5.77. The van der Waals surface area contributed by atoms with Crippen LogP contribution >= 0.6 is 0 Å². The van der Waals surface area contributed by atoms with E-state index in [1.165, 1.54) is 5.56 Å². The van der Waals surface area contributed by atoms with Crippen molar-refractivity contribution in [3.05, 3.63) is 42.0 Å². The number of pyridine rings is 1. The number of aromatic nitrogens is 3. The van der Waals surface area contributed by atoms with E-state index >= 15 is 0 Å². The van der Waals surface area contributed by atoms with E-state index in [2.05, 4.69) is 35.9 Å². The Bertz CT molecular complexity index is 792. The maximum absolute atomic E-state index is 6.07. The normalized spacial score (nSPS) is 11.2. The third-order valence-electron chi connectivity index (χ3n) is 3.51. The number of nitrogen functional groups attached to an aromatic ring is 1. The Morgan fingerprint density at radius 3 is 2.67 bits per heavy atom. The molecule has 0 amide bonds. The lowest BCUT2D eigenvalue weighted by molar-refractivity contribution is 0.399. The average molecular weight is 282 g/mol. The largest absolute Gasteiger partial charge is 0.481 e. The fourth-order valence-corrected chi connectivity index (χ4v) is 2.35. The van der Waals surface area contributed by atoms with Crippen molar-refractivity contribution in [3.8, 4) is 11.6 Å². The number of methoxy groups -OCH3 is 1. The first-order valence-corrected chi connectivity index (χ1v) is 6.89. The minimum atomic E-state index is 0.423. The van der Waals surface area contributed by atoms with Crippen molar-refractivity contribution in [1.82, 2.24) is 14.5 Å². The zero-order valence-electron chi connectivity index (χ0n) is 12.4. The SMILES string of the molecule is COc1ccc2nc(N)n(-c3cccc(C(C)C)c3)c2n1. The van der Waals surface area contributed by atoms with Gasteiger partial charge in [0.25, 0.3) is 0 Å². The van der Waals surface area contributed by atoms with Crippen LogP contribution in [0.25, 0.3) is 16.9 Å². The van der Waals surface area contributed by atoms with Crippen molar-refractivity contribution >= 4 is 17.1 Å². The van der Waals surface area contributed by atoms with Crippen molar-refractivity contribution in [2.45, 2.75) is 19.8 Å². The summed E-state index contributed by atoms with van der Waals surface area (Å²) in [5, 5.41) is 0. The molecule has 0 aliphatic carbocycles. The van der Waals surface area contributed by atoms with Gasteiger partial charge >= 0.3 is 0 Å². The standard InChI is InChI=1S/C16H18N4O/c1-10(2)11-5-4-6-12(9-11)20-15-13(18-16(20)17)7-8-14(19-15)21-3/h4-10H,1-3H3,(H2,17,18). The third kappa shape index (κ3) is 2.31. The van der Waals surface area contributed by atoms with Gasteiger partial charge in [0.15, 0.2) is 5.65 Å². The molecule has 5 nitrogen and oxygen atoms in total. The van der Waals surface area contributed by atoms with Gasteiger partial charge in [-0.05, 0) is 29.7 Å². The summed E-state index contributed by atoms with van der Waals surface area (Å²) in [6.45, 7) is 4.32. The summed E-state index contributed by atoms with van der Waals surface area (Å²) in [7, 11) is 1.59. The molecule has 2 heterocycles. The first-order chi connectivity index (χ1) is 10.1. The van der Waals surface area contributed by atoms with E-state index in [0.29, 0.717) is 23.4 Å². The maximum atomic E-state index is 6.07. The van der Waals surface area contributed by atoms with Gasteiger partial charge in [-0.2, -0.15) is 4.98 Å². The molecule has 0 aliphatic heterocycles. The number of fused-ring (bicyclic) bond motifs is 1. The van der Waals surface area contributed by atoms with E-state index in [0.717, 1.165) is 11.2 Å². The van der Waals surface area contributed by atoms with Crippen molar-refractivity contribution < 1.29 is 4.74 Å². The lowest BCUT2D eigenvalue weighted by atomic mass is 10.0. The molecule has 0 saturated heterocycles. The number of anilines is 1. The van der Waals surface area contributed by atoms with Crippen LogP contribution in [0.3, 0.4) is 0 Å². The van der Waals surface area contributed by atoms with Gasteiger partial charge in [-0.1, -0.05) is 26.0 Å². The van der Waals surface area contributed by atoms with Crippen molar-refractivity contribution in [2.24, 2.45) is 0 Å². The molecule has 0 aliphatic rings. The van der Waals surface area contributed by atoms with Gasteiger partial charge in [-0.15, -0.1) is 0 Å². The number of imidazole rings is 1. The Labute approximate surface area is 123 Å². The molecular weight excluding hydrogens is 264 g/mol. The molecule has 3 rings (SSSR count). The van der Waals surface area contributed by atoms with Crippen LogP contribution in [0.15, 0.2) is 36.4 Å². The van der Waals surface area contributed by atoms with Gasteiger partial charge in [-0.3, -0.25) is 4.57 Å². The van der Waals surface area contributed by atoms with Crippen LogP contribution in [0.2, 0.25) is 0 Å². The fraction of sp³-hybridized carbons (Fsp3) is 0.250. The highest BCUT2D eigenvalue weighted by atomic mass is 16.5. The molecule has 0 atom stereocenters. The monoisotopic (exact) mass is 282 g/mol. The van der Waals surface area contributed by atoms with Gasteiger partial charge < -0.3 is 10.5 Å². The summed E-state index contributed by atoms with van der Waals surface area (Å²) in [6, 6.07) is 11.9. The molecule has 108 valence electrons. The van der Waals surface area contributed by atoms with Crippen LogP contribution in [-0.2, 0) is 0 Å². The number of rotatable bonds is 3. The van der Waals surface area contributed by atoms with Crippen LogP contribution in [0.1, 0.15) is 25.3 Å². The van der Waals surface area contributed by atoms with E-state index in [1.54, 1.807) is 13.2 Å². The van der Waals surface area contributed by atoms with Crippen molar-refractivity contribution in [1.29, 1.82) is 0 Å². The molecular formula is C16H18N4O. The Balaban J connectivity index is 2.23. The second-order valence-corrected chi connectivity index (χ2v) is 5.25. The quantitative estimate of drug-likeness (QED) is 0.801. The van der Waals surface area contributed by atoms with Crippen molar-refractivity contribution in [3.63, 3.8) is 0 Å². The topological polar surface area (TPSA) is 66.0 Å². The number of hydrogen-bond donors (Lipinski definition) is 1. The molecule has 3 aromatic rings. The molecule has 0 bridgehead atoms. The van der Waals surface area contributed by atoms with Crippen LogP contribution in [0.5, 0.6) is 5.88 Å². The molecule has 1 aromatic carbocycles. The van der Waals surface area contributed by atoms with E-state index in [9.17, 15) is 0 Å². The van der Waals surface area contributed by atoms with Gasteiger partial charge in [0.1, 0.15) is 5.52 Å². The van der Waals surface area contributed by atoms with Crippen molar-refractivity contribution in [2.75, 3.05) is 12.8 Å². The summed E-state index contributed by atoms with van der Waals surface area (Å²) >= 11 is 0. The van der Waals surface area contributed by atoms with Gasteiger partial charge in [0.2, 0.25) is 11.8 Å². The van der Waals surface area contributed by atoms with Crippen LogP contribution in [0.4, 0.5) is 5.95 Å². The average Bonchev–Trinajstić information content (AvgIpc) is 2.82. The van der Waals surface area contributed by atoms with Crippen LogP contribution < -0.4 is 10.5 Å². The fourth-order valence-electron chi connectivity index (χ4n) is 2.35. The maximum Gasteiger partial charge on any atom is 0.215 e. The summed E-state index contributed by atoms with van der Waals surface area (Å²) in [5.41, 5.74) is 9.74. The summed E-state index contributed by atoms with van der Waals surface area (Å²) in [5.74, 6) is 1.42. The van der Waals surface area contributed by atoms with Gasteiger partial charge in [0, 0.05) is 6.07 Å². The summed E-state index contributed by atoms with van der Waals surface area (Å²) in [6.07, 6.45) is 0. The third-order valence-corrected chi connectivity index (χ3v) is 3.51. The number of ether oxygens (including phenoxy) is 1. The van der Waals surface area contributed by atoms with Gasteiger partial charge in [-0.25, -0.2) is 4.98 Å². The zero-order valence-corrected chi connectivity index (χ0v) is 12.4. The molecule has 2 N–H and O–H groups in total. The highest BCUT2D eigenvalue weighted by Gasteiger charge is 2.13. The molecule has 2 aromatic heterocycles. The number of nitrogens with zero attached hydrogens (tertiary/aromatic N) is 3. The van der Waals surface area contributed by atoms with E-state index in [1.807, 2.05) is 22.8 Å². The molecule has 0 spiro atoms. The molecule has 21 heavy (non-hydrogen) atoms. The van der Waals surface area contributed by atoms with E-state index in [4.69, 9.17) is 10.5 Å². The second-order valence-electron chi connectivity index (χ2n) is 5.25. The lowest BCUT2D eigenvalue weighted by Gasteiger charge is -2.10. The van der Waals surface area contributed by atoms with E-state index < -0.39 is 0 Å². The first-order valence-electron chi connectivity index (χ1n) is 6.89. The number of hydrogen-bond acceptors (Lipinski definition) is 4. The number of benzene rings is 1. The molecule has 0 unspecified atom stereocenters. The zero-order chi connectivity index (χ0) is 15.0. The minimum absolute atomic E-state index is 0.423. The van der Waals surface area contributed by atoms with Crippen LogP contribution in [-0.4, -0.2) is 21.6 Å². The minimum Gasteiger partial charge on any atom is -0.481 e. The van der Waals surface area contributed by atoms with Gasteiger partial charge in [0.05, 0.1) is 12.8 Å². The summed E-state index contributed by atoms with van der Waals surface area (Å²) in [4.78, 5) is 8.83. The molecule has 0 saturated carbocycles. The Hall–Kier alpha value is -2.56. The smallest absolute Gasteiger partial charge is 0.215 e. The van der Waals surface area contributed by atoms with Crippen LogP contribution in [0, 0.1) is 0 Å². The highest BCUT2D eigenvalue weighted by Crippen LogP contribution is 2.25.